The second-order valence-electron chi connectivity index (χ2n) is 6.92. The van der Waals surface area contributed by atoms with Gasteiger partial charge in [0, 0.05) is 11.9 Å². The number of allylic oxidation sites excluding steroid dienone is 1. The lowest BCUT2D eigenvalue weighted by Crippen LogP contribution is -2.53. The first-order valence-corrected chi connectivity index (χ1v) is 10.8. The van der Waals surface area contributed by atoms with Crippen molar-refractivity contribution in [1.82, 2.24) is 10.2 Å². The number of phosphoric ester groups is 1. The van der Waals surface area contributed by atoms with Crippen molar-refractivity contribution in [2.24, 2.45) is 5.92 Å². The summed E-state index contributed by atoms with van der Waals surface area (Å²) in [7, 11) is -4.32. The number of hydrogen-bond acceptors (Lipinski definition) is 8. The summed E-state index contributed by atoms with van der Waals surface area (Å²) in [4.78, 5) is 24.3. The number of hydrogen-bond donors (Lipinski definition) is 1. The molecule has 3 aliphatic rings. The second kappa shape index (κ2) is 8.72. The number of nitrogens with one attached hydrogen (secondary N) is 1. The quantitative estimate of drug-likeness (QED) is 0.463. The Morgan fingerprint density at radius 1 is 1.53 bits per heavy atom. The van der Waals surface area contributed by atoms with Gasteiger partial charge in [-0.15, -0.1) is 0 Å². The van der Waals surface area contributed by atoms with Crippen molar-refractivity contribution < 1.29 is 46.0 Å². The van der Waals surface area contributed by atoms with Crippen LogP contribution in [0.25, 0.3) is 0 Å². The van der Waals surface area contributed by atoms with Crippen molar-refractivity contribution in [3.8, 4) is 0 Å². The third kappa shape index (κ3) is 4.57. The molecule has 1 N–H and O–H groups in total. The van der Waals surface area contributed by atoms with Crippen LogP contribution in [0.4, 0.5) is 13.6 Å². The summed E-state index contributed by atoms with van der Waals surface area (Å²) in [6.45, 7) is 6.27. The molecule has 0 radical (unpaired) electrons. The van der Waals surface area contributed by atoms with Gasteiger partial charge in [-0.2, -0.15) is 8.78 Å². The van der Waals surface area contributed by atoms with Crippen LogP contribution in [0.2, 0.25) is 0 Å². The molecule has 168 valence electrons. The van der Waals surface area contributed by atoms with Gasteiger partial charge < -0.3 is 14.8 Å². The van der Waals surface area contributed by atoms with Crippen LogP contribution >= 0.6 is 7.82 Å². The Balaban J connectivity index is 1.63. The van der Waals surface area contributed by atoms with Crippen LogP contribution in [-0.2, 0) is 32.4 Å². The second-order valence-corrected chi connectivity index (χ2v) is 8.55. The number of fused-ring (bicyclic) bond motifs is 1. The highest BCUT2D eigenvalue weighted by Crippen LogP contribution is 2.58. The molecule has 0 aromatic rings. The van der Waals surface area contributed by atoms with Gasteiger partial charge in [0.1, 0.15) is 6.10 Å². The Bertz CT molecular complexity index is 792. The zero-order valence-corrected chi connectivity index (χ0v) is 17.3. The third-order valence-electron chi connectivity index (χ3n) is 4.67. The number of phosphoric acid groups is 1. The predicted molar refractivity (Wildman–Crippen MR) is 97.1 cm³/mol. The first kappa shape index (κ1) is 22.8. The minimum atomic E-state index is -4.32. The molecular weight excluding hydrogens is 429 g/mol. The van der Waals surface area contributed by atoms with Gasteiger partial charge in [0.25, 0.3) is 0 Å². The Morgan fingerprint density at radius 2 is 2.27 bits per heavy atom. The molecule has 0 aromatic heterocycles. The topological polar surface area (TPSA) is 113 Å². The lowest BCUT2D eigenvalue weighted by atomic mass is 10.1. The number of esters is 1. The molecule has 2 fully saturated rings. The van der Waals surface area contributed by atoms with Crippen LogP contribution in [0.15, 0.2) is 24.6 Å². The van der Waals surface area contributed by atoms with Gasteiger partial charge in [0.15, 0.2) is 6.10 Å². The Hall–Kier alpha value is -1.85. The zero-order chi connectivity index (χ0) is 22.1. The molecule has 3 heterocycles. The molecule has 3 aliphatic heterocycles. The fraction of sp³-hybridized carbons (Fsp3) is 0.647. The predicted octanol–water partition coefficient (Wildman–Crippen LogP) is 2.53. The maximum absolute atomic E-state index is 15.0. The van der Waals surface area contributed by atoms with Crippen molar-refractivity contribution in [1.29, 1.82) is 0 Å². The van der Waals surface area contributed by atoms with Gasteiger partial charge in [-0.05, 0) is 19.4 Å². The molecule has 10 nitrogen and oxygen atoms in total. The molecule has 30 heavy (non-hydrogen) atoms. The molecule has 2 saturated heterocycles. The van der Waals surface area contributed by atoms with Gasteiger partial charge in [-0.3, -0.25) is 23.3 Å². The van der Waals surface area contributed by atoms with E-state index < -0.39 is 56.7 Å². The summed E-state index contributed by atoms with van der Waals surface area (Å²) in [5.74, 6) is -4.71. The van der Waals surface area contributed by atoms with Crippen molar-refractivity contribution in [2.45, 2.75) is 44.6 Å². The van der Waals surface area contributed by atoms with Gasteiger partial charge in [0.2, 0.25) is 6.23 Å². The third-order valence-corrected chi connectivity index (χ3v) is 6.12. The van der Waals surface area contributed by atoms with E-state index in [1.165, 1.54) is 6.08 Å². The SMILES string of the molecule is C=C1C=CN([C@@H]2O[C@@H]3COP(=O)(OCC[C@H](C)C(=O)OCC)O[C@H]3C2(F)F)C(=O)N1. The maximum atomic E-state index is 15.0. The number of carbonyl (C=O) groups is 2. The summed E-state index contributed by atoms with van der Waals surface area (Å²) >= 11 is 0. The molecule has 0 saturated carbocycles. The van der Waals surface area contributed by atoms with E-state index in [2.05, 4.69) is 11.9 Å². The van der Waals surface area contributed by atoms with Gasteiger partial charge in [-0.25, -0.2) is 9.36 Å². The summed E-state index contributed by atoms with van der Waals surface area (Å²) in [5, 5.41) is 2.30. The molecule has 3 rings (SSSR count). The van der Waals surface area contributed by atoms with Gasteiger partial charge in [0.05, 0.1) is 25.7 Å². The summed E-state index contributed by atoms with van der Waals surface area (Å²) < 4.78 is 67.8. The van der Waals surface area contributed by atoms with Crippen molar-refractivity contribution in [3.05, 3.63) is 24.6 Å². The fourth-order valence-electron chi connectivity index (χ4n) is 3.04. The number of amides is 2. The first-order valence-electron chi connectivity index (χ1n) is 9.31. The van der Waals surface area contributed by atoms with Crippen LogP contribution in [-0.4, -0.2) is 61.1 Å². The Morgan fingerprint density at radius 3 is 2.93 bits per heavy atom. The number of urea groups is 1. The number of ether oxygens (including phenoxy) is 2. The molecule has 0 bridgehead atoms. The highest BCUT2D eigenvalue weighted by atomic mass is 31.2. The molecule has 1 unspecified atom stereocenters. The molecule has 0 aliphatic carbocycles. The summed E-state index contributed by atoms with van der Waals surface area (Å²) in [6, 6.07) is -0.848. The molecule has 0 spiro atoms. The van der Waals surface area contributed by atoms with E-state index in [1.807, 2.05) is 0 Å². The smallest absolute Gasteiger partial charge is 0.466 e. The van der Waals surface area contributed by atoms with E-state index in [9.17, 15) is 22.9 Å². The zero-order valence-electron chi connectivity index (χ0n) is 16.4. The monoisotopic (exact) mass is 452 g/mol. The van der Waals surface area contributed by atoms with Crippen LogP contribution in [0.3, 0.4) is 0 Å². The first-order chi connectivity index (χ1) is 14.1. The number of carbonyl (C=O) groups excluding carboxylic acids is 2. The number of halogens is 2. The number of rotatable bonds is 7. The molecule has 0 aromatic carbocycles. The van der Waals surface area contributed by atoms with Crippen molar-refractivity contribution in [2.75, 3.05) is 19.8 Å². The van der Waals surface area contributed by atoms with E-state index in [0.717, 1.165) is 6.20 Å². The normalized spacial score (nSPS) is 33.7. The molecular formula is C17H23F2N2O8P. The summed E-state index contributed by atoms with van der Waals surface area (Å²) in [5.41, 5.74) is 0.240. The minimum absolute atomic E-state index is 0.127. The van der Waals surface area contributed by atoms with E-state index in [4.69, 9.17) is 23.0 Å². The van der Waals surface area contributed by atoms with Crippen LogP contribution in [0, 0.1) is 5.92 Å². The van der Waals surface area contributed by atoms with Crippen molar-refractivity contribution in [3.63, 3.8) is 0 Å². The highest BCUT2D eigenvalue weighted by molar-refractivity contribution is 7.48. The standard InChI is InChI=1S/C17H23F2N2O8P/c1-4-25-14(22)10(2)6-8-26-30(24)27-9-12-13(29-30)17(18,19)15(28-12)21-7-5-11(3)20-16(21)23/h5,7,10,12-13,15H,3-4,6,8-9H2,1-2H3,(H,20,23)/t10-,12+,13+,15+,30?/m0/s1. The fourth-order valence-corrected chi connectivity index (χ4v) is 4.45. The highest BCUT2D eigenvalue weighted by Gasteiger charge is 2.66. The molecule has 13 heteroatoms. The van der Waals surface area contributed by atoms with Crippen LogP contribution in [0.1, 0.15) is 20.3 Å². The number of nitrogens with zero attached hydrogens (tertiary/aromatic N) is 1. The van der Waals surface area contributed by atoms with Gasteiger partial charge in [-0.1, -0.05) is 13.5 Å². The lowest BCUT2D eigenvalue weighted by molar-refractivity contribution is -0.148. The lowest BCUT2D eigenvalue weighted by Gasteiger charge is -2.33. The van der Waals surface area contributed by atoms with E-state index in [0.29, 0.717) is 4.90 Å². The molecule has 2 amide bonds. The van der Waals surface area contributed by atoms with Gasteiger partial charge >= 0.3 is 25.7 Å². The van der Waals surface area contributed by atoms with E-state index in [-0.39, 0.29) is 25.3 Å². The number of alkyl halides is 2. The molecule has 5 atom stereocenters. The van der Waals surface area contributed by atoms with E-state index in [1.54, 1.807) is 13.8 Å². The van der Waals surface area contributed by atoms with E-state index >= 15 is 0 Å². The average molecular weight is 452 g/mol. The van der Waals surface area contributed by atoms with Crippen LogP contribution < -0.4 is 5.32 Å². The Kier molecular flexibility index (Phi) is 6.63. The maximum Gasteiger partial charge on any atom is 0.475 e. The average Bonchev–Trinajstić information content (AvgIpc) is 2.92. The Labute approximate surface area is 171 Å². The van der Waals surface area contributed by atoms with Crippen molar-refractivity contribution >= 4 is 19.8 Å². The largest absolute Gasteiger partial charge is 0.475 e. The minimum Gasteiger partial charge on any atom is -0.466 e. The van der Waals surface area contributed by atoms with Crippen LogP contribution in [0.5, 0.6) is 0 Å². The summed E-state index contributed by atoms with van der Waals surface area (Å²) in [6.07, 6.45) is -2.63.